The van der Waals surface area contributed by atoms with Crippen molar-refractivity contribution >= 4 is 12.0 Å². The molecule has 2 atom stereocenters. The fraction of sp³-hybridized carbons (Fsp3) is 0.846. The van der Waals surface area contributed by atoms with Crippen LogP contribution in [-0.4, -0.2) is 43.1 Å². The van der Waals surface area contributed by atoms with Gasteiger partial charge < -0.3 is 15.0 Å². The Hall–Kier alpha value is -1.26. The van der Waals surface area contributed by atoms with E-state index in [1.807, 2.05) is 4.90 Å². The van der Waals surface area contributed by atoms with Crippen molar-refractivity contribution in [3.63, 3.8) is 0 Å². The summed E-state index contributed by atoms with van der Waals surface area (Å²) in [4.78, 5) is 24.8. The first-order valence-electron chi connectivity index (χ1n) is 6.66. The highest BCUT2D eigenvalue weighted by Crippen LogP contribution is 2.21. The van der Waals surface area contributed by atoms with Gasteiger partial charge in [-0.15, -0.1) is 0 Å². The lowest BCUT2D eigenvalue weighted by Gasteiger charge is -2.36. The Morgan fingerprint density at radius 3 is 2.72 bits per heavy atom. The van der Waals surface area contributed by atoms with Gasteiger partial charge in [0.1, 0.15) is 0 Å². The van der Waals surface area contributed by atoms with Gasteiger partial charge >= 0.3 is 12.0 Å². The molecule has 1 rings (SSSR count). The zero-order valence-corrected chi connectivity index (χ0v) is 11.6. The highest BCUT2D eigenvalue weighted by atomic mass is 16.5. The van der Waals surface area contributed by atoms with E-state index in [0.29, 0.717) is 31.3 Å². The summed E-state index contributed by atoms with van der Waals surface area (Å²) in [6, 6.07) is 0.292. The lowest BCUT2D eigenvalue weighted by atomic mass is 9.95. The van der Waals surface area contributed by atoms with Crippen LogP contribution >= 0.6 is 0 Å². The zero-order valence-electron chi connectivity index (χ0n) is 11.6. The number of esters is 1. The van der Waals surface area contributed by atoms with Crippen LogP contribution in [0.5, 0.6) is 0 Å². The smallest absolute Gasteiger partial charge is 0.317 e. The van der Waals surface area contributed by atoms with Gasteiger partial charge in [0.25, 0.3) is 0 Å². The van der Waals surface area contributed by atoms with Gasteiger partial charge in [0.2, 0.25) is 0 Å². The molecule has 104 valence electrons. The first kappa shape index (κ1) is 14.8. The third-order valence-corrected chi connectivity index (χ3v) is 3.44. The Labute approximate surface area is 109 Å². The average molecular weight is 256 g/mol. The number of nitrogens with zero attached hydrogens (tertiary/aromatic N) is 1. The molecule has 1 heterocycles. The molecular formula is C13H24N2O3. The quantitative estimate of drug-likeness (QED) is 0.616. The van der Waals surface area contributed by atoms with Crippen LogP contribution in [0.1, 0.15) is 39.5 Å². The van der Waals surface area contributed by atoms with Crippen molar-refractivity contribution in [3.8, 4) is 0 Å². The topological polar surface area (TPSA) is 58.6 Å². The minimum Gasteiger partial charge on any atom is -0.469 e. The maximum absolute atomic E-state index is 12.0. The van der Waals surface area contributed by atoms with Crippen LogP contribution in [0.4, 0.5) is 4.79 Å². The number of likely N-dealkylation sites (tertiary alicyclic amines) is 1. The van der Waals surface area contributed by atoms with Gasteiger partial charge in [-0.2, -0.15) is 0 Å². The number of urea groups is 1. The Balaban J connectivity index is 2.25. The molecular weight excluding hydrogens is 232 g/mol. The van der Waals surface area contributed by atoms with E-state index in [9.17, 15) is 9.59 Å². The molecule has 0 aromatic rings. The number of nitrogens with one attached hydrogen (secondary N) is 1. The van der Waals surface area contributed by atoms with E-state index in [-0.39, 0.29) is 12.0 Å². The van der Waals surface area contributed by atoms with Crippen LogP contribution in [0.3, 0.4) is 0 Å². The predicted molar refractivity (Wildman–Crippen MR) is 69.2 cm³/mol. The molecule has 0 radical (unpaired) electrons. The van der Waals surface area contributed by atoms with E-state index in [4.69, 9.17) is 0 Å². The fourth-order valence-electron chi connectivity index (χ4n) is 2.20. The van der Waals surface area contributed by atoms with Crippen molar-refractivity contribution in [1.29, 1.82) is 0 Å². The molecule has 1 saturated heterocycles. The van der Waals surface area contributed by atoms with E-state index in [1.165, 1.54) is 13.5 Å². The van der Waals surface area contributed by atoms with E-state index in [1.54, 1.807) is 0 Å². The summed E-state index contributed by atoms with van der Waals surface area (Å²) in [6.45, 7) is 5.60. The van der Waals surface area contributed by atoms with Gasteiger partial charge in [0.05, 0.1) is 7.11 Å². The summed E-state index contributed by atoms with van der Waals surface area (Å²) in [5.74, 6) is 0.339. The summed E-state index contributed by atoms with van der Waals surface area (Å²) >= 11 is 0. The lowest BCUT2D eigenvalue weighted by molar-refractivity contribution is -0.140. The van der Waals surface area contributed by atoms with Gasteiger partial charge in [-0.3, -0.25) is 4.79 Å². The normalized spacial score (nSPS) is 23.6. The second-order valence-electron chi connectivity index (χ2n) is 5.10. The van der Waals surface area contributed by atoms with Crippen LogP contribution < -0.4 is 5.32 Å². The summed E-state index contributed by atoms with van der Waals surface area (Å²) in [6.07, 6.45) is 3.23. The van der Waals surface area contributed by atoms with Crippen molar-refractivity contribution in [1.82, 2.24) is 10.2 Å². The molecule has 0 aromatic carbocycles. The number of hydrogen-bond acceptors (Lipinski definition) is 3. The van der Waals surface area contributed by atoms with Crippen LogP contribution in [0.25, 0.3) is 0 Å². The predicted octanol–water partition coefficient (Wildman–Crippen LogP) is 1.77. The van der Waals surface area contributed by atoms with E-state index in [2.05, 4.69) is 23.9 Å². The number of piperidine rings is 1. The molecule has 5 heteroatoms. The van der Waals surface area contributed by atoms with Crippen molar-refractivity contribution in [2.24, 2.45) is 5.92 Å². The molecule has 0 unspecified atom stereocenters. The van der Waals surface area contributed by atoms with Gasteiger partial charge in [0.15, 0.2) is 0 Å². The highest BCUT2D eigenvalue weighted by Gasteiger charge is 2.26. The molecule has 5 nitrogen and oxygen atoms in total. The molecule has 1 N–H and O–H groups in total. The number of hydrogen-bond donors (Lipinski definition) is 1. The lowest BCUT2D eigenvalue weighted by Crippen LogP contribution is -2.49. The second-order valence-corrected chi connectivity index (χ2v) is 5.10. The Morgan fingerprint density at radius 1 is 1.33 bits per heavy atom. The molecule has 0 bridgehead atoms. The summed E-state index contributed by atoms with van der Waals surface area (Å²) in [7, 11) is 1.37. The van der Waals surface area contributed by atoms with Gasteiger partial charge in [-0.25, -0.2) is 4.79 Å². The largest absolute Gasteiger partial charge is 0.469 e. The van der Waals surface area contributed by atoms with Gasteiger partial charge in [-0.1, -0.05) is 6.92 Å². The zero-order chi connectivity index (χ0) is 13.5. The van der Waals surface area contributed by atoms with Crippen molar-refractivity contribution in [2.45, 2.75) is 45.6 Å². The summed E-state index contributed by atoms with van der Waals surface area (Å²) < 4.78 is 4.54. The molecule has 1 aliphatic heterocycles. The molecule has 0 spiro atoms. The monoisotopic (exact) mass is 256 g/mol. The van der Waals surface area contributed by atoms with Crippen LogP contribution in [0.15, 0.2) is 0 Å². The third-order valence-electron chi connectivity index (χ3n) is 3.44. The molecule has 18 heavy (non-hydrogen) atoms. The first-order chi connectivity index (χ1) is 8.54. The minimum absolute atomic E-state index is 0.0149. The van der Waals surface area contributed by atoms with Crippen LogP contribution in [0, 0.1) is 5.92 Å². The second kappa shape index (κ2) is 7.24. The number of methoxy groups -OCH3 is 1. The average Bonchev–Trinajstić information content (AvgIpc) is 2.36. The standard InChI is InChI=1S/C13H24N2O3/c1-10-6-7-11(2)15(9-10)13(17)14-8-4-5-12(16)18-3/h10-11H,4-9H2,1-3H3,(H,14,17)/t10-,11-/m1/s1. The molecule has 0 aliphatic carbocycles. The molecule has 1 aliphatic rings. The number of amides is 2. The Kier molecular flexibility index (Phi) is 5.95. The highest BCUT2D eigenvalue weighted by molar-refractivity contribution is 5.74. The van der Waals surface area contributed by atoms with Crippen molar-refractivity contribution < 1.29 is 14.3 Å². The number of carbonyl (C=O) groups is 2. The van der Waals surface area contributed by atoms with Gasteiger partial charge in [-0.05, 0) is 32.1 Å². The van der Waals surface area contributed by atoms with E-state index in [0.717, 1.165) is 13.0 Å². The van der Waals surface area contributed by atoms with Crippen molar-refractivity contribution in [2.75, 3.05) is 20.2 Å². The first-order valence-corrected chi connectivity index (χ1v) is 6.66. The number of carbonyl (C=O) groups excluding carboxylic acids is 2. The molecule has 2 amide bonds. The van der Waals surface area contributed by atoms with Crippen LogP contribution in [-0.2, 0) is 9.53 Å². The summed E-state index contributed by atoms with van der Waals surface area (Å²) in [5.41, 5.74) is 0. The molecule has 0 aromatic heterocycles. The maximum Gasteiger partial charge on any atom is 0.317 e. The Morgan fingerprint density at radius 2 is 2.06 bits per heavy atom. The maximum atomic E-state index is 12.0. The van der Waals surface area contributed by atoms with E-state index < -0.39 is 0 Å². The van der Waals surface area contributed by atoms with Gasteiger partial charge in [0, 0.05) is 25.6 Å². The van der Waals surface area contributed by atoms with Crippen molar-refractivity contribution in [3.05, 3.63) is 0 Å². The minimum atomic E-state index is -0.232. The van der Waals surface area contributed by atoms with Crippen LogP contribution in [0.2, 0.25) is 0 Å². The third kappa shape index (κ3) is 4.55. The SMILES string of the molecule is COC(=O)CCCNC(=O)N1C[C@H](C)CC[C@H]1C. The Bertz CT molecular complexity index is 294. The molecule has 1 fully saturated rings. The number of rotatable bonds is 4. The summed E-state index contributed by atoms with van der Waals surface area (Å²) in [5, 5.41) is 2.86. The van der Waals surface area contributed by atoms with E-state index >= 15 is 0 Å². The number of ether oxygens (including phenoxy) is 1. The molecule has 0 saturated carbocycles. The fourth-order valence-corrected chi connectivity index (χ4v) is 2.20.